The van der Waals surface area contributed by atoms with E-state index < -0.39 is 28.7 Å². The monoisotopic (exact) mass is 597 g/mol. The second-order valence-corrected chi connectivity index (χ2v) is 13.6. The molecule has 0 spiro atoms. The predicted molar refractivity (Wildman–Crippen MR) is 168 cm³/mol. The number of rotatable bonds is 11. The van der Waals surface area contributed by atoms with Crippen molar-refractivity contribution in [3.63, 3.8) is 0 Å². The summed E-state index contributed by atoms with van der Waals surface area (Å²) in [6.07, 6.45) is 10.5. The van der Waals surface area contributed by atoms with Crippen molar-refractivity contribution in [3.05, 3.63) is 35.7 Å². The van der Waals surface area contributed by atoms with Gasteiger partial charge in [-0.25, -0.2) is 9.59 Å². The Balaban J connectivity index is 1.78. The van der Waals surface area contributed by atoms with Crippen molar-refractivity contribution in [2.75, 3.05) is 6.54 Å². The van der Waals surface area contributed by atoms with Gasteiger partial charge in [0.15, 0.2) is 0 Å². The number of aromatic nitrogens is 2. The molecule has 3 rings (SSSR count). The minimum Gasteiger partial charge on any atom is -0.463 e. The average Bonchev–Trinajstić information content (AvgIpc) is 3.57. The summed E-state index contributed by atoms with van der Waals surface area (Å²) in [5.74, 6) is 0.680. The fourth-order valence-electron chi connectivity index (χ4n) is 5.86. The van der Waals surface area contributed by atoms with Crippen LogP contribution in [0.5, 0.6) is 0 Å². The number of guanidine groups is 1. The lowest BCUT2D eigenvalue weighted by molar-refractivity contribution is 0.0334. The minimum absolute atomic E-state index is 0.126. The molecule has 238 valence electrons. The van der Waals surface area contributed by atoms with E-state index in [0.29, 0.717) is 31.1 Å². The Kier molecular flexibility index (Phi) is 11.8. The van der Waals surface area contributed by atoms with Crippen LogP contribution in [-0.2, 0) is 16.7 Å². The molecule has 2 heterocycles. The highest BCUT2D eigenvalue weighted by Crippen LogP contribution is 2.51. The van der Waals surface area contributed by atoms with Gasteiger partial charge in [-0.15, -0.1) is 4.99 Å². The molecule has 0 aliphatic carbocycles. The summed E-state index contributed by atoms with van der Waals surface area (Å²) in [6, 6.07) is 8.28. The summed E-state index contributed by atoms with van der Waals surface area (Å²) < 4.78 is 11.3. The smallest absolute Gasteiger partial charge is 0.434 e. The van der Waals surface area contributed by atoms with Gasteiger partial charge in [0.25, 0.3) is 5.89 Å². The number of likely N-dealkylation sites (tertiary alicyclic amines) is 1. The summed E-state index contributed by atoms with van der Waals surface area (Å²) in [5, 5.41) is 16.5. The number of aryl methyl sites for hydroxylation is 1. The molecule has 2 aromatic rings. The highest BCUT2D eigenvalue weighted by Gasteiger charge is 2.56. The zero-order valence-corrected chi connectivity index (χ0v) is 27.2. The van der Waals surface area contributed by atoms with Crippen LogP contribution in [0.15, 0.2) is 33.8 Å². The Morgan fingerprint density at radius 2 is 1.65 bits per heavy atom. The second-order valence-electron chi connectivity index (χ2n) is 13.6. The fourth-order valence-corrected chi connectivity index (χ4v) is 5.86. The molecule has 1 aromatic carbocycles. The van der Waals surface area contributed by atoms with Gasteiger partial charge < -0.3 is 19.3 Å². The van der Waals surface area contributed by atoms with E-state index in [1.54, 1.807) is 25.7 Å². The third kappa shape index (κ3) is 9.28. The standard InChI is InChI=1S/C33H51N5O5/c1-8-9-10-11-12-13-14-15-17-24-18-20-25(21-19-24)26-34-27(43-37-26)33(31(2,3)4)22-16-23-38(33)28(35-29(39)40)36-30(41)42-32(5,6)7/h18-21H,8-17,22-23H2,1-7H3,(H,39,40)(H,35,36,41)/t33-/m1/s1. The Bertz CT molecular complexity index is 1230. The van der Waals surface area contributed by atoms with E-state index in [1.165, 1.54) is 56.9 Å². The summed E-state index contributed by atoms with van der Waals surface area (Å²) in [4.78, 5) is 34.8. The van der Waals surface area contributed by atoms with Gasteiger partial charge in [-0.3, -0.25) is 5.32 Å². The number of hydrogen-bond acceptors (Lipinski definition) is 6. The van der Waals surface area contributed by atoms with Gasteiger partial charge in [0.1, 0.15) is 11.1 Å². The highest BCUT2D eigenvalue weighted by molar-refractivity contribution is 5.99. The van der Waals surface area contributed by atoms with Crippen molar-refractivity contribution in [2.45, 2.75) is 130 Å². The number of alkyl carbamates (subject to hydrolysis) is 1. The van der Waals surface area contributed by atoms with Crippen LogP contribution in [-0.4, -0.2) is 50.4 Å². The number of unbranched alkanes of at least 4 members (excludes halogenated alkanes) is 7. The first-order valence-corrected chi connectivity index (χ1v) is 15.8. The van der Waals surface area contributed by atoms with Gasteiger partial charge in [-0.1, -0.05) is 102 Å². The first-order valence-electron chi connectivity index (χ1n) is 15.8. The maximum Gasteiger partial charge on any atom is 0.434 e. The molecule has 0 saturated carbocycles. The average molecular weight is 598 g/mol. The lowest BCUT2D eigenvalue weighted by Gasteiger charge is -2.46. The van der Waals surface area contributed by atoms with Crippen molar-refractivity contribution in [3.8, 4) is 11.4 Å². The third-order valence-electron chi connectivity index (χ3n) is 8.00. The van der Waals surface area contributed by atoms with Crippen molar-refractivity contribution in [2.24, 2.45) is 10.4 Å². The summed E-state index contributed by atoms with van der Waals surface area (Å²) >= 11 is 0. The number of carbonyl (C=O) groups excluding carboxylic acids is 1. The molecule has 10 heteroatoms. The largest absolute Gasteiger partial charge is 0.463 e. The van der Waals surface area contributed by atoms with Crippen LogP contribution in [0.3, 0.4) is 0 Å². The number of ether oxygens (including phenoxy) is 1. The molecular weight excluding hydrogens is 546 g/mol. The molecule has 2 amide bonds. The van der Waals surface area contributed by atoms with E-state index in [-0.39, 0.29) is 5.96 Å². The van der Waals surface area contributed by atoms with Crippen molar-refractivity contribution >= 4 is 18.1 Å². The first-order chi connectivity index (χ1) is 20.3. The molecule has 1 fully saturated rings. The molecule has 1 aromatic heterocycles. The maximum absolute atomic E-state index is 12.7. The molecule has 1 saturated heterocycles. The van der Waals surface area contributed by atoms with Gasteiger partial charge in [-0.05, 0) is 57.4 Å². The number of carbonyl (C=O) groups is 2. The van der Waals surface area contributed by atoms with Gasteiger partial charge >= 0.3 is 12.2 Å². The van der Waals surface area contributed by atoms with Gasteiger partial charge in [0.2, 0.25) is 11.8 Å². The van der Waals surface area contributed by atoms with E-state index in [0.717, 1.165) is 12.0 Å². The molecule has 1 atom stereocenters. The van der Waals surface area contributed by atoms with E-state index in [4.69, 9.17) is 14.2 Å². The number of aliphatic imine (C=N–C) groups is 1. The van der Waals surface area contributed by atoms with Crippen LogP contribution in [0, 0.1) is 5.41 Å². The normalized spacial score (nSPS) is 17.7. The topological polar surface area (TPSA) is 130 Å². The maximum atomic E-state index is 12.7. The van der Waals surface area contributed by atoms with Crippen LogP contribution in [0.4, 0.5) is 9.59 Å². The van der Waals surface area contributed by atoms with E-state index in [9.17, 15) is 14.7 Å². The van der Waals surface area contributed by atoms with E-state index >= 15 is 0 Å². The van der Waals surface area contributed by atoms with E-state index in [2.05, 4.69) is 34.5 Å². The number of nitrogens with zero attached hydrogens (tertiary/aromatic N) is 4. The quantitative estimate of drug-likeness (QED) is 0.150. The fraction of sp³-hybridized carbons (Fsp3) is 0.667. The zero-order chi connectivity index (χ0) is 31.7. The molecule has 0 radical (unpaired) electrons. The van der Waals surface area contributed by atoms with Crippen LogP contribution in [0.1, 0.15) is 124 Å². The second kappa shape index (κ2) is 14.8. The van der Waals surface area contributed by atoms with Crippen LogP contribution < -0.4 is 5.32 Å². The lowest BCUT2D eigenvalue weighted by Crippen LogP contribution is -2.58. The first kappa shape index (κ1) is 34.1. The van der Waals surface area contributed by atoms with Crippen LogP contribution in [0.25, 0.3) is 11.4 Å². The Labute approximate surface area is 256 Å². The van der Waals surface area contributed by atoms with Gasteiger partial charge in [-0.2, -0.15) is 4.98 Å². The van der Waals surface area contributed by atoms with Crippen LogP contribution >= 0.6 is 0 Å². The van der Waals surface area contributed by atoms with Crippen LogP contribution in [0.2, 0.25) is 0 Å². The van der Waals surface area contributed by atoms with Gasteiger partial charge in [0.05, 0.1) is 0 Å². The lowest BCUT2D eigenvalue weighted by atomic mass is 9.71. The summed E-state index contributed by atoms with van der Waals surface area (Å²) in [5.41, 5.74) is -0.0565. The molecule has 1 aliphatic rings. The molecule has 10 nitrogen and oxygen atoms in total. The molecular formula is C33H51N5O5. The summed E-state index contributed by atoms with van der Waals surface area (Å²) in [6.45, 7) is 14.0. The third-order valence-corrected chi connectivity index (χ3v) is 8.00. The van der Waals surface area contributed by atoms with E-state index in [1.807, 2.05) is 32.9 Å². The zero-order valence-electron chi connectivity index (χ0n) is 27.2. The SMILES string of the molecule is CCCCCCCCCCc1ccc(-c2noc([C@@]3(C(C)(C)C)CCCN3C(=NC(=O)O)NC(=O)OC(C)(C)C)n2)cc1. The molecule has 0 unspecified atom stereocenters. The number of hydrogen-bond donors (Lipinski definition) is 2. The minimum atomic E-state index is -1.43. The molecule has 2 N–H and O–H groups in total. The van der Waals surface area contributed by atoms with Gasteiger partial charge in [0, 0.05) is 12.1 Å². The number of nitrogens with one attached hydrogen (secondary N) is 1. The molecule has 0 bridgehead atoms. The predicted octanol–water partition coefficient (Wildman–Crippen LogP) is 8.32. The van der Waals surface area contributed by atoms with Crippen molar-refractivity contribution in [1.82, 2.24) is 20.4 Å². The molecule has 1 aliphatic heterocycles. The van der Waals surface area contributed by atoms with Crippen molar-refractivity contribution < 1.29 is 24.0 Å². The number of amides is 2. The number of carboxylic acid groups (broad SMARTS) is 1. The number of benzene rings is 1. The highest BCUT2D eigenvalue weighted by atomic mass is 16.6. The van der Waals surface area contributed by atoms with Crippen molar-refractivity contribution in [1.29, 1.82) is 0 Å². The Hall–Kier alpha value is -3.43. The Morgan fingerprint density at radius 3 is 2.23 bits per heavy atom. The Morgan fingerprint density at radius 1 is 1.02 bits per heavy atom. The molecule has 43 heavy (non-hydrogen) atoms. The summed E-state index contributed by atoms with van der Waals surface area (Å²) in [7, 11) is 0.